The first-order chi connectivity index (χ1) is 6.72. The van der Waals surface area contributed by atoms with Crippen molar-refractivity contribution < 1.29 is 0 Å². The van der Waals surface area contributed by atoms with Gasteiger partial charge in [-0.05, 0) is 34.3 Å². The van der Waals surface area contributed by atoms with Crippen molar-refractivity contribution in [2.24, 2.45) is 0 Å². The lowest BCUT2D eigenvalue weighted by Crippen LogP contribution is -2.02. The van der Waals surface area contributed by atoms with Gasteiger partial charge < -0.3 is 4.98 Å². The number of hydrogen-bond acceptors (Lipinski definition) is 2. The third-order valence-electron chi connectivity index (χ3n) is 2.01. The molecule has 1 heterocycles. The van der Waals surface area contributed by atoms with E-state index in [2.05, 4.69) is 20.9 Å². The summed E-state index contributed by atoms with van der Waals surface area (Å²) in [5.74, 6) is 0. The zero-order valence-electron chi connectivity index (χ0n) is 7.50. The molecule has 1 aromatic carbocycles. The maximum absolute atomic E-state index is 11.7. The average Bonchev–Trinajstić information content (AvgIpc) is 2.19. The largest absolute Gasteiger partial charge is 0.349 e. The normalized spacial score (nSPS) is 10.7. The van der Waals surface area contributed by atoms with E-state index in [1.807, 2.05) is 24.5 Å². The van der Waals surface area contributed by atoms with Crippen molar-refractivity contribution >= 4 is 38.6 Å². The van der Waals surface area contributed by atoms with Crippen LogP contribution in [0.25, 0.3) is 10.9 Å². The van der Waals surface area contributed by atoms with E-state index in [0.717, 1.165) is 20.4 Å². The number of para-hydroxylation sites is 1. The lowest BCUT2D eigenvalue weighted by molar-refractivity contribution is 1.18. The van der Waals surface area contributed by atoms with Crippen LogP contribution in [-0.4, -0.2) is 11.2 Å². The van der Waals surface area contributed by atoms with Crippen molar-refractivity contribution in [3.05, 3.63) is 39.0 Å². The summed E-state index contributed by atoms with van der Waals surface area (Å²) >= 11 is 4.95. The lowest BCUT2D eigenvalue weighted by Gasteiger charge is -2.02. The van der Waals surface area contributed by atoms with Gasteiger partial charge in [-0.15, -0.1) is 11.8 Å². The Morgan fingerprint density at radius 3 is 2.93 bits per heavy atom. The minimum Gasteiger partial charge on any atom is -0.349 e. The highest BCUT2D eigenvalue weighted by Crippen LogP contribution is 2.21. The molecule has 4 heteroatoms. The number of aromatic amines is 1. The number of rotatable bonds is 1. The van der Waals surface area contributed by atoms with Crippen LogP contribution in [0.15, 0.2) is 38.6 Å². The molecule has 0 radical (unpaired) electrons. The Morgan fingerprint density at radius 2 is 2.21 bits per heavy atom. The summed E-state index contributed by atoms with van der Waals surface area (Å²) in [4.78, 5) is 14.9. The number of fused-ring (bicyclic) bond motifs is 1. The minimum absolute atomic E-state index is 0.0596. The molecule has 0 unspecified atom stereocenters. The van der Waals surface area contributed by atoms with Crippen LogP contribution in [0.3, 0.4) is 0 Å². The van der Waals surface area contributed by atoms with Gasteiger partial charge in [0.2, 0.25) is 0 Å². The highest BCUT2D eigenvalue weighted by molar-refractivity contribution is 9.10. The third-order valence-corrected chi connectivity index (χ3v) is 3.33. The fraction of sp³-hybridized carbons (Fsp3) is 0.100. The standard InChI is InChI=1S/C10H8BrNOS/c1-14-9-5-8(13)6-3-2-4-7(11)10(6)12-9/h2-5H,1H3,(H,12,13). The van der Waals surface area contributed by atoms with Crippen LogP contribution in [0.5, 0.6) is 0 Å². The number of hydrogen-bond donors (Lipinski definition) is 1. The fourth-order valence-electron chi connectivity index (χ4n) is 1.32. The molecule has 0 saturated carbocycles. The molecular weight excluding hydrogens is 262 g/mol. The summed E-state index contributed by atoms with van der Waals surface area (Å²) in [5.41, 5.74) is 0.925. The van der Waals surface area contributed by atoms with Gasteiger partial charge in [0.1, 0.15) is 0 Å². The molecule has 1 N–H and O–H groups in total. The highest BCUT2D eigenvalue weighted by Gasteiger charge is 2.03. The molecule has 0 fully saturated rings. The Labute approximate surface area is 93.8 Å². The summed E-state index contributed by atoms with van der Waals surface area (Å²) in [5, 5.41) is 1.60. The molecule has 0 aliphatic carbocycles. The molecular formula is C10H8BrNOS. The van der Waals surface area contributed by atoms with Gasteiger partial charge in [-0.25, -0.2) is 0 Å². The number of benzene rings is 1. The van der Waals surface area contributed by atoms with Gasteiger partial charge in [0.05, 0.1) is 10.5 Å². The Bertz CT molecular complexity index is 535. The Morgan fingerprint density at radius 1 is 1.43 bits per heavy atom. The van der Waals surface area contributed by atoms with Crippen LogP contribution in [0.2, 0.25) is 0 Å². The smallest absolute Gasteiger partial charge is 0.190 e. The summed E-state index contributed by atoms with van der Waals surface area (Å²) in [6.07, 6.45) is 1.94. The number of nitrogens with one attached hydrogen (secondary N) is 1. The van der Waals surface area contributed by atoms with Crippen LogP contribution in [0.1, 0.15) is 0 Å². The fourth-order valence-corrected chi connectivity index (χ4v) is 2.22. The molecule has 0 amide bonds. The van der Waals surface area contributed by atoms with E-state index in [1.165, 1.54) is 11.8 Å². The van der Waals surface area contributed by atoms with Gasteiger partial charge in [0, 0.05) is 15.9 Å². The van der Waals surface area contributed by atoms with E-state index < -0.39 is 0 Å². The predicted molar refractivity (Wildman–Crippen MR) is 64.0 cm³/mol. The number of pyridine rings is 1. The van der Waals surface area contributed by atoms with Crippen LogP contribution < -0.4 is 5.43 Å². The van der Waals surface area contributed by atoms with E-state index in [4.69, 9.17) is 0 Å². The number of aromatic nitrogens is 1. The van der Waals surface area contributed by atoms with Crippen LogP contribution >= 0.6 is 27.7 Å². The molecule has 1 aromatic heterocycles. The van der Waals surface area contributed by atoms with E-state index in [1.54, 1.807) is 6.07 Å². The second-order valence-electron chi connectivity index (χ2n) is 2.86. The van der Waals surface area contributed by atoms with Gasteiger partial charge in [-0.1, -0.05) is 6.07 Å². The molecule has 0 bridgehead atoms. The Hall–Kier alpha value is -0.740. The molecule has 0 atom stereocenters. The minimum atomic E-state index is 0.0596. The molecule has 2 aromatic rings. The van der Waals surface area contributed by atoms with Crippen LogP contribution in [0.4, 0.5) is 0 Å². The van der Waals surface area contributed by atoms with Crippen molar-refractivity contribution in [2.75, 3.05) is 6.26 Å². The lowest BCUT2D eigenvalue weighted by atomic mass is 10.2. The van der Waals surface area contributed by atoms with Crippen molar-refractivity contribution in [2.45, 2.75) is 5.03 Å². The van der Waals surface area contributed by atoms with Gasteiger partial charge in [-0.2, -0.15) is 0 Å². The topological polar surface area (TPSA) is 32.9 Å². The van der Waals surface area contributed by atoms with Crippen molar-refractivity contribution in [3.63, 3.8) is 0 Å². The molecule has 0 aliphatic rings. The molecule has 72 valence electrons. The average molecular weight is 270 g/mol. The first-order valence-electron chi connectivity index (χ1n) is 4.08. The van der Waals surface area contributed by atoms with Crippen molar-refractivity contribution in [1.29, 1.82) is 0 Å². The summed E-state index contributed by atoms with van der Waals surface area (Å²) in [6, 6.07) is 7.23. The van der Waals surface area contributed by atoms with Crippen LogP contribution in [-0.2, 0) is 0 Å². The summed E-state index contributed by atoms with van der Waals surface area (Å²) in [7, 11) is 0. The molecule has 0 spiro atoms. The first kappa shape index (κ1) is 9.80. The Kier molecular flexibility index (Phi) is 2.65. The molecule has 2 nitrogen and oxygen atoms in total. The van der Waals surface area contributed by atoms with Gasteiger partial charge in [0.25, 0.3) is 0 Å². The predicted octanol–water partition coefficient (Wildman–Crippen LogP) is 3.01. The summed E-state index contributed by atoms with van der Waals surface area (Å²) in [6.45, 7) is 0. The third kappa shape index (κ3) is 1.60. The zero-order valence-corrected chi connectivity index (χ0v) is 9.91. The molecule has 2 rings (SSSR count). The van der Waals surface area contributed by atoms with E-state index in [0.29, 0.717) is 0 Å². The van der Waals surface area contributed by atoms with E-state index >= 15 is 0 Å². The molecule has 14 heavy (non-hydrogen) atoms. The highest BCUT2D eigenvalue weighted by atomic mass is 79.9. The zero-order chi connectivity index (χ0) is 10.1. The maximum Gasteiger partial charge on any atom is 0.190 e. The molecule has 0 saturated heterocycles. The first-order valence-corrected chi connectivity index (χ1v) is 6.09. The quantitative estimate of drug-likeness (QED) is 0.808. The van der Waals surface area contributed by atoms with Crippen molar-refractivity contribution in [1.82, 2.24) is 4.98 Å². The van der Waals surface area contributed by atoms with E-state index in [-0.39, 0.29) is 5.43 Å². The van der Waals surface area contributed by atoms with Crippen molar-refractivity contribution in [3.8, 4) is 0 Å². The monoisotopic (exact) mass is 269 g/mol. The Balaban J connectivity index is 2.91. The van der Waals surface area contributed by atoms with E-state index in [9.17, 15) is 4.79 Å². The number of thioether (sulfide) groups is 1. The maximum atomic E-state index is 11.7. The number of halogens is 1. The van der Waals surface area contributed by atoms with Gasteiger partial charge in [-0.3, -0.25) is 4.79 Å². The van der Waals surface area contributed by atoms with Gasteiger partial charge >= 0.3 is 0 Å². The van der Waals surface area contributed by atoms with Crippen LogP contribution in [0, 0.1) is 0 Å². The second-order valence-corrected chi connectivity index (χ2v) is 4.57. The number of H-pyrrole nitrogens is 1. The second kappa shape index (κ2) is 3.79. The molecule has 0 aliphatic heterocycles. The van der Waals surface area contributed by atoms with Gasteiger partial charge in [0.15, 0.2) is 5.43 Å². The SMILES string of the molecule is CSc1cc(=O)c2cccc(Br)c2[nH]1. The summed E-state index contributed by atoms with van der Waals surface area (Å²) < 4.78 is 0.919.